The number of ether oxygens (including phenoxy) is 1. The number of aromatic nitrogens is 4. The van der Waals surface area contributed by atoms with E-state index in [9.17, 15) is 19.2 Å². The highest BCUT2D eigenvalue weighted by atomic mass is 16.5. The molecule has 0 radical (unpaired) electrons. The van der Waals surface area contributed by atoms with Crippen molar-refractivity contribution < 1.29 is 19.1 Å². The molecule has 0 bridgehead atoms. The quantitative estimate of drug-likeness (QED) is 0.649. The van der Waals surface area contributed by atoms with Crippen molar-refractivity contribution in [1.82, 2.24) is 24.0 Å². The van der Waals surface area contributed by atoms with Crippen molar-refractivity contribution in [1.29, 1.82) is 0 Å². The van der Waals surface area contributed by atoms with Gasteiger partial charge in [0.15, 0.2) is 0 Å². The monoisotopic (exact) mass is 397 g/mol. The Kier molecular flexibility index (Phi) is 4.75. The molecule has 1 aliphatic heterocycles. The van der Waals surface area contributed by atoms with Crippen LogP contribution in [0.5, 0.6) is 0 Å². The Balaban J connectivity index is 1.62. The minimum atomic E-state index is -0.738. The van der Waals surface area contributed by atoms with Crippen molar-refractivity contribution in [2.45, 2.75) is 25.3 Å². The number of nitrogens with one attached hydrogen (secondary N) is 1. The van der Waals surface area contributed by atoms with Crippen LogP contribution in [0.3, 0.4) is 0 Å². The van der Waals surface area contributed by atoms with Gasteiger partial charge in [0.25, 0.3) is 0 Å². The number of imidazole rings is 2. The van der Waals surface area contributed by atoms with Gasteiger partial charge in [-0.05, 0) is 18.1 Å². The molecule has 10 heteroatoms. The number of hydrogen-bond acceptors (Lipinski definition) is 6. The molecule has 150 valence electrons. The predicted molar refractivity (Wildman–Crippen MR) is 101 cm³/mol. The first-order valence-corrected chi connectivity index (χ1v) is 9.15. The molecule has 3 aromatic rings. The average molecular weight is 397 g/mol. The lowest BCUT2D eigenvalue weighted by molar-refractivity contribution is -0.135. The van der Waals surface area contributed by atoms with Crippen LogP contribution in [-0.2, 0) is 27.8 Å². The molecular weight excluding hydrogens is 378 g/mol. The summed E-state index contributed by atoms with van der Waals surface area (Å²) < 4.78 is 9.39. The number of amides is 2. The van der Waals surface area contributed by atoms with E-state index < -0.39 is 18.0 Å². The number of hydrogen-bond donors (Lipinski definition) is 1. The van der Waals surface area contributed by atoms with Crippen LogP contribution in [0, 0.1) is 0 Å². The summed E-state index contributed by atoms with van der Waals surface area (Å²) in [6.07, 6.45) is 4.64. The second-order valence-electron chi connectivity index (χ2n) is 6.80. The van der Waals surface area contributed by atoms with Gasteiger partial charge in [0.2, 0.25) is 11.8 Å². The molecule has 1 aromatic carbocycles. The normalized spacial score (nSPS) is 16.8. The van der Waals surface area contributed by atoms with Gasteiger partial charge in [-0.25, -0.2) is 19.1 Å². The lowest BCUT2D eigenvalue weighted by atomic mass is 10.1. The summed E-state index contributed by atoms with van der Waals surface area (Å²) in [6, 6.07) is 4.67. The Bertz CT molecular complexity index is 1160. The average Bonchev–Trinajstić information content (AvgIpc) is 3.31. The first-order valence-electron chi connectivity index (χ1n) is 9.15. The highest BCUT2D eigenvalue weighted by Gasteiger charge is 2.31. The molecule has 0 aliphatic carbocycles. The van der Waals surface area contributed by atoms with Gasteiger partial charge in [-0.3, -0.25) is 24.0 Å². The summed E-state index contributed by atoms with van der Waals surface area (Å²) >= 11 is 0. The third kappa shape index (κ3) is 3.33. The third-order valence-corrected chi connectivity index (χ3v) is 5.02. The molecule has 3 heterocycles. The van der Waals surface area contributed by atoms with Crippen molar-refractivity contribution in [3.8, 4) is 0 Å². The molecule has 2 aromatic heterocycles. The maximum Gasteiger partial charge on any atom is 0.419 e. The van der Waals surface area contributed by atoms with Gasteiger partial charge in [0.1, 0.15) is 12.4 Å². The molecule has 1 fully saturated rings. The maximum absolute atomic E-state index is 12.9. The van der Waals surface area contributed by atoms with Gasteiger partial charge in [0.05, 0.1) is 17.6 Å². The first-order chi connectivity index (χ1) is 14.0. The number of aryl methyl sites for hydroxylation is 1. The number of nitrogens with zero attached hydrogens (tertiary/aromatic N) is 4. The number of benzene rings is 1. The number of para-hydroxylation sites is 1. The van der Waals surface area contributed by atoms with Crippen molar-refractivity contribution in [3.63, 3.8) is 0 Å². The summed E-state index contributed by atoms with van der Waals surface area (Å²) in [6.45, 7) is 0.119. The largest absolute Gasteiger partial charge is 0.449 e. The molecule has 0 saturated carbocycles. The van der Waals surface area contributed by atoms with Crippen molar-refractivity contribution in [3.05, 3.63) is 53.0 Å². The zero-order chi connectivity index (χ0) is 20.5. The molecule has 2 amide bonds. The van der Waals surface area contributed by atoms with Gasteiger partial charge in [-0.1, -0.05) is 12.1 Å². The van der Waals surface area contributed by atoms with E-state index in [4.69, 9.17) is 4.74 Å². The van der Waals surface area contributed by atoms with E-state index >= 15 is 0 Å². The molecule has 1 saturated heterocycles. The molecule has 10 nitrogen and oxygen atoms in total. The van der Waals surface area contributed by atoms with E-state index in [0.29, 0.717) is 17.5 Å². The van der Waals surface area contributed by atoms with E-state index in [1.165, 1.54) is 32.4 Å². The number of carbonyl (C=O) groups excluding carboxylic acids is 3. The SMILES string of the molecule is Cn1c(=O)n(C2CCC(=O)NC2=O)c2cccc(CCOC(=O)n3ccnc3)c21. The minimum Gasteiger partial charge on any atom is -0.449 e. The van der Waals surface area contributed by atoms with E-state index in [2.05, 4.69) is 10.3 Å². The number of fused-ring (bicyclic) bond motifs is 1. The van der Waals surface area contributed by atoms with Crippen LogP contribution < -0.4 is 11.0 Å². The molecule has 29 heavy (non-hydrogen) atoms. The van der Waals surface area contributed by atoms with Crippen LogP contribution in [-0.4, -0.2) is 43.2 Å². The van der Waals surface area contributed by atoms with Crippen molar-refractivity contribution >= 4 is 28.9 Å². The summed E-state index contributed by atoms with van der Waals surface area (Å²) in [5, 5.41) is 2.29. The number of carbonyl (C=O) groups is 3. The highest BCUT2D eigenvalue weighted by molar-refractivity contribution is 6.00. The van der Waals surface area contributed by atoms with Gasteiger partial charge in [-0.2, -0.15) is 0 Å². The predicted octanol–water partition coefficient (Wildman–Crippen LogP) is 0.742. The van der Waals surface area contributed by atoms with E-state index in [1.807, 2.05) is 6.07 Å². The standard InChI is InChI=1S/C19H19N5O5/c1-22-16-12(7-10-29-19(28)23-9-8-20-11-23)3-2-4-13(16)24(18(22)27)14-5-6-15(25)21-17(14)26/h2-4,8-9,11,14H,5-7,10H2,1H3,(H,21,25,26). The number of imide groups is 1. The first kappa shape index (κ1) is 18.7. The van der Waals surface area contributed by atoms with Gasteiger partial charge < -0.3 is 4.74 Å². The van der Waals surface area contributed by atoms with Crippen LogP contribution in [0.15, 0.2) is 41.7 Å². The fourth-order valence-corrected chi connectivity index (χ4v) is 3.64. The highest BCUT2D eigenvalue weighted by Crippen LogP contribution is 2.25. The van der Waals surface area contributed by atoms with Crippen LogP contribution in [0.1, 0.15) is 24.4 Å². The Morgan fingerprint density at radius 2 is 2.14 bits per heavy atom. The van der Waals surface area contributed by atoms with Crippen LogP contribution >= 0.6 is 0 Å². The number of piperidine rings is 1. The lowest BCUT2D eigenvalue weighted by Crippen LogP contribution is -2.44. The van der Waals surface area contributed by atoms with Gasteiger partial charge in [0, 0.05) is 32.3 Å². The summed E-state index contributed by atoms with van der Waals surface area (Å²) in [5.41, 5.74) is 1.75. The molecular formula is C19H19N5O5. The molecule has 1 aliphatic rings. The number of rotatable bonds is 4. The van der Waals surface area contributed by atoms with Crippen LogP contribution in [0.2, 0.25) is 0 Å². The van der Waals surface area contributed by atoms with Crippen LogP contribution in [0.4, 0.5) is 4.79 Å². The van der Waals surface area contributed by atoms with Gasteiger partial charge >= 0.3 is 11.8 Å². The molecule has 0 spiro atoms. The summed E-state index contributed by atoms with van der Waals surface area (Å²) in [4.78, 5) is 52.3. The smallest absolute Gasteiger partial charge is 0.419 e. The second kappa shape index (κ2) is 7.38. The lowest BCUT2D eigenvalue weighted by Gasteiger charge is -2.21. The molecule has 1 atom stereocenters. The minimum absolute atomic E-state index is 0.119. The molecule has 4 rings (SSSR count). The van der Waals surface area contributed by atoms with E-state index in [-0.39, 0.29) is 31.0 Å². The zero-order valence-electron chi connectivity index (χ0n) is 15.7. The Morgan fingerprint density at radius 1 is 1.31 bits per heavy atom. The zero-order valence-corrected chi connectivity index (χ0v) is 15.7. The third-order valence-electron chi connectivity index (χ3n) is 5.02. The maximum atomic E-state index is 12.9. The topological polar surface area (TPSA) is 117 Å². The summed E-state index contributed by atoms with van der Waals surface area (Å²) in [5.74, 6) is -0.810. The summed E-state index contributed by atoms with van der Waals surface area (Å²) in [7, 11) is 1.63. The fourth-order valence-electron chi connectivity index (χ4n) is 3.64. The molecule has 1 unspecified atom stereocenters. The van der Waals surface area contributed by atoms with Crippen molar-refractivity contribution in [2.24, 2.45) is 7.05 Å². The fraction of sp³-hybridized carbons (Fsp3) is 0.316. The van der Waals surface area contributed by atoms with Gasteiger partial charge in [-0.15, -0.1) is 0 Å². The Hall–Kier alpha value is -3.69. The van der Waals surface area contributed by atoms with E-state index in [0.717, 1.165) is 5.56 Å². The Labute approximate surface area is 164 Å². The second-order valence-corrected chi connectivity index (χ2v) is 6.80. The Morgan fingerprint density at radius 3 is 2.86 bits per heavy atom. The van der Waals surface area contributed by atoms with Crippen molar-refractivity contribution in [2.75, 3.05) is 6.61 Å². The molecule has 1 N–H and O–H groups in total. The van der Waals surface area contributed by atoms with E-state index in [1.54, 1.807) is 19.2 Å². The van der Waals surface area contributed by atoms with Crippen LogP contribution in [0.25, 0.3) is 11.0 Å².